The van der Waals surface area contributed by atoms with Gasteiger partial charge in [0.25, 0.3) is 0 Å². The van der Waals surface area contributed by atoms with Gasteiger partial charge >= 0.3 is 0 Å². The van der Waals surface area contributed by atoms with E-state index in [1.807, 2.05) is 26.0 Å². The maximum Gasteiger partial charge on any atom is 0.237 e. The molecule has 0 saturated carbocycles. The Labute approximate surface area is 84.5 Å². The maximum atomic E-state index is 5.50. The van der Waals surface area contributed by atoms with Gasteiger partial charge in [-0.3, -0.25) is 0 Å². The summed E-state index contributed by atoms with van der Waals surface area (Å²) in [6.07, 6.45) is 6.95. The lowest BCUT2D eigenvalue weighted by Crippen LogP contribution is -2.10. The van der Waals surface area contributed by atoms with E-state index in [9.17, 15) is 0 Å². The average Bonchev–Trinajstić information content (AvgIpc) is 2.16. The van der Waals surface area contributed by atoms with Crippen molar-refractivity contribution in [2.24, 2.45) is 0 Å². The fourth-order valence-electron chi connectivity index (χ4n) is 0.989. The van der Waals surface area contributed by atoms with Crippen molar-refractivity contribution < 1.29 is 4.74 Å². The van der Waals surface area contributed by atoms with Crippen LogP contribution in [-0.2, 0) is 0 Å². The second kappa shape index (κ2) is 5.13. The predicted molar refractivity (Wildman–Crippen MR) is 57.3 cm³/mol. The molecule has 3 heteroatoms. The molecule has 74 valence electrons. The number of hydrogen-bond donors (Lipinski definition) is 1. The first-order valence-electron chi connectivity index (χ1n) is 4.53. The highest BCUT2D eigenvalue weighted by Crippen LogP contribution is 2.20. The number of aromatic nitrogens is 1. The Morgan fingerprint density at radius 1 is 1.64 bits per heavy atom. The molecule has 1 rings (SSSR count). The molecule has 1 aromatic rings. The van der Waals surface area contributed by atoms with Crippen molar-refractivity contribution in [3.63, 3.8) is 0 Å². The van der Waals surface area contributed by atoms with E-state index in [4.69, 9.17) is 11.2 Å². The van der Waals surface area contributed by atoms with Crippen LogP contribution in [0.4, 0.5) is 5.69 Å². The minimum Gasteiger partial charge on any atom is -0.473 e. The van der Waals surface area contributed by atoms with Crippen LogP contribution in [0.15, 0.2) is 18.3 Å². The molecule has 0 fully saturated rings. The summed E-state index contributed by atoms with van der Waals surface area (Å²) in [6.45, 7) is 4.39. The smallest absolute Gasteiger partial charge is 0.237 e. The zero-order valence-corrected chi connectivity index (χ0v) is 8.45. The Balaban J connectivity index is 2.76. The number of anilines is 1. The highest BCUT2D eigenvalue weighted by molar-refractivity contribution is 5.52. The van der Waals surface area contributed by atoms with E-state index < -0.39 is 0 Å². The molecule has 1 aromatic heterocycles. The third-order valence-corrected chi connectivity index (χ3v) is 1.50. The summed E-state index contributed by atoms with van der Waals surface area (Å²) in [5.74, 6) is 3.10. The van der Waals surface area contributed by atoms with Crippen molar-refractivity contribution in [1.29, 1.82) is 0 Å². The Kier molecular flexibility index (Phi) is 3.81. The third-order valence-electron chi connectivity index (χ3n) is 1.50. The van der Waals surface area contributed by atoms with E-state index in [2.05, 4.69) is 16.2 Å². The van der Waals surface area contributed by atoms with Gasteiger partial charge in [-0.2, -0.15) is 0 Å². The van der Waals surface area contributed by atoms with Gasteiger partial charge in [0.1, 0.15) is 0 Å². The number of pyridine rings is 1. The molecule has 0 aromatic carbocycles. The van der Waals surface area contributed by atoms with Gasteiger partial charge in [0.2, 0.25) is 5.88 Å². The third kappa shape index (κ3) is 2.98. The minimum atomic E-state index is 0.108. The molecule has 0 unspecified atom stereocenters. The number of nitrogens with zero attached hydrogens (tertiary/aromatic N) is 1. The summed E-state index contributed by atoms with van der Waals surface area (Å²) >= 11 is 0. The standard InChI is InChI=1S/C11H14N2O/c1-4-7-12-10-6-5-8-13-11(10)14-9(2)3/h1,5-6,8-9,12H,7H2,2-3H3. The normalized spacial score (nSPS) is 9.57. The number of rotatable bonds is 4. The molecule has 0 spiro atoms. The largest absolute Gasteiger partial charge is 0.473 e. The van der Waals surface area contributed by atoms with Gasteiger partial charge in [0, 0.05) is 6.20 Å². The van der Waals surface area contributed by atoms with Crippen LogP contribution >= 0.6 is 0 Å². The summed E-state index contributed by atoms with van der Waals surface area (Å²) in [5, 5.41) is 3.04. The highest BCUT2D eigenvalue weighted by Gasteiger charge is 2.04. The van der Waals surface area contributed by atoms with Crippen molar-refractivity contribution >= 4 is 5.69 Å². The molecule has 1 heterocycles. The number of terminal acetylenes is 1. The molecule has 0 aliphatic carbocycles. The van der Waals surface area contributed by atoms with Crippen molar-refractivity contribution in [3.05, 3.63) is 18.3 Å². The molecule has 0 saturated heterocycles. The Bertz CT molecular complexity index is 328. The van der Waals surface area contributed by atoms with Crippen molar-refractivity contribution in [1.82, 2.24) is 4.98 Å². The summed E-state index contributed by atoms with van der Waals surface area (Å²) in [5.41, 5.74) is 0.833. The SMILES string of the molecule is C#CCNc1cccnc1OC(C)C. The fraction of sp³-hybridized carbons (Fsp3) is 0.364. The lowest BCUT2D eigenvalue weighted by molar-refractivity contribution is 0.234. The first-order chi connectivity index (χ1) is 6.74. The van der Waals surface area contributed by atoms with Crippen LogP contribution in [0.25, 0.3) is 0 Å². The maximum absolute atomic E-state index is 5.50. The van der Waals surface area contributed by atoms with Gasteiger partial charge in [0.15, 0.2) is 0 Å². The first-order valence-corrected chi connectivity index (χ1v) is 4.53. The minimum absolute atomic E-state index is 0.108. The van der Waals surface area contributed by atoms with E-state index in [1.54, 1.807) is 6.20 Å². The zero-order valence-electron chi connectivity index (χ0n) is 8.45. The molecule has 0 atom stereocenters. The van der Waals surface area contributed by atoms with Gasteiger partial charge in [0.05, 0.1) is 18.3 Å². The second-order valence-corrected chi connectivity index (χ2v) is 3.08. The highest BCUT2D eigenvalue weighted by atomic mass is 16.5. The molecule has 0 amide bonds. The van der Waals surface area contributed by atoms with E-state index >= 15 is 0 Å². The number of nitrogens with one attached hydrogen (secondary N) is 1. The molecule has 14 heavy (non-hydrogen) atoms. The number of hydrogen-bond acceptors (Lipinski definition) is 3. The molecule has 0 aliphatic rings. The molecule has 3 nitrogen and oxygen atoms in total. The van der Waals surface area contributed by atoms with Crippen LogP contribution in [0.1, 0.15) is 13.8 Å². The van der Waals surface area contributed by atoms with Crippen LogP contribution < -0.4 is 10.1 Å². The summed E-state index contributed by atoms with van der Waals surface area (Å²) in [4.78, 5) is 4.12. The van der Waals surface area contributed by atoms with E-state index in [0.29, 0.717) is 12.4 Å². The molecular formula is C11H14N2O. The summed E-state index contributed by atoms with van der Waals surface area (Å²) in [6, 6.07) is 3.73. The van der Waals surface area contributed by atoms with Crippen LogP contribution in [0.2, 0.25) is 0 Å². The topological polar surface area (TPSA) is 34.2 Å². The van der Waals surface area contributed by atoms with Gasteiger partial charge in [-0.15, -0.1) is 6.42 Å². The molecule has 0 bridgehead atoms. The Hall–Kier alpha value is -1.69. The summed E-state index contributed by atoms with van der Waals surface area (Å²) in [7, 11) is 0. The van der Waals surface area contributed by atoms with Crippen LogP contribution in [0, 0.1) is 12.3 Å². The molecule has 0 radical (unpaired) electrons. The van der Waals surface area contributed by atoms with Crippen molar-refractivity contribution in [2.45, 2.75) is 20.0 Å². The van der Waals surface area contributed by atoms with E-state index in [0.717, 1.165) is 5.69 Å². The van der Waals surface area contributed by atoms with Crippen LogP contribution in [-0.4, -0.2) is 17.6 Å². The van der Waals surface area contributed by atoms with Gasteiger partial charge in [-0.25, -0.2) is 4.98 Å². The summed E-state index contributed by atoms with van der Waals surface area (Å²) < 4.78 is 5.50. The van der Waals surface area contributed by atoms with Crippen molar-refractivity contribution in [3.8, 4) is 18.2 Å². The fourth-order valence-corrected chi connectivity index (χ4v) is 0.989. The van der Waals surface area contributed by atoms with Crippen molar-refractivity contribution in [2.75, 3.05) is 11.9 Å². The Morgan fingerprint density at radius 3 is 3.07 bits per heavy atom. The van der Waals surface area contributed by atoms with Gasteiger partial charge in [-0.05, 0) is 26.0 Å². The monoisotopic (exact) mass is 190 g/mol. The average molecular weight is 190 g/mol. The van der Waals surface area contributed by atoms with E-state index in [1.165, 1.54) is 0 Å². The molecule has 1 N–H and O–H groups in total. The van der Waals surface area contributed by atoms with E-state index in [-0.39, 0.29) is 6.10 Å². The quantitative estimate of drug-likeness (QED) is 0.736. The lowest BCUT2D eigenvalue weighted by Gasteiger charge is -2.12. The zero-order chi connectivity index (χ0) is 10.4. The molecule has 0 aliphatic heterocycles. The predicted octanol–water partition coefficient (Wildman–Crippen LogP) is 1.91. The van der Waals surface area contributed by atoms with Gasteiger partial charge < -0.3 is 10.1 Å². The van der Waals surface area contributed by atoms with Gasteiger partial charge in [-0.1, -0.05) is 5.92 Å². The second-order valence-electron chi connectivity index (χ2n) is 3.08. The number of ether oxygens (including phenoxy) is 1. The first kappa shape index (κ1) is 10.4. The van der Waals surface area contributed by atoms with Crippen LogP contribution in [0.5, 0.6) is 5.88 Å². The molecular weight excluding hydrogens is 176 g/mol. The lowest BCUT2D eigenvalue weighted by atomic mass is 10.4. The Morgan fingerprint density at radius 2 is 2.43 bits per heavy atom. The van der Waals surface area contributed by atoms with Crippen LogP contribution in [0.3, 0.4) is 0 Å².